The third-order valence-corrected chi connectivity index (χ3v) is 7.38. The first-order chi connectivity index (χ1) is 16.3. The predicted octanol–water partition coefficient (Wildman–Crippen LogP) is 4.22. The van der Waals surface area contributed by atoms with Gasteiger partial charge in [-0.3, -0.25) is 19.7 Å². The Morgan fingerprint density at radius 3 is 2.59 bits per heavy atom. The van der Waals surface area contributed by atoms with Gasteiger partial charge < -0.3 is 5.32 Å². The van der Waals surface area contributed by atoms with Crippen molar-refractivity contribution in [1.29, 1.82) is 0 Å². The Balaban J connectivity index is 1.40. The fourth-order valence-corrected chi connectivity index (χ4v) is 5.23. The number of carbonyl (C=O) groups is 3. The smallest absolute Gasteiger partial charge is 0.318 e. The van der Waals surface area contributed by atoms with E-state index in [4.69, 9.17) is 11.6 Å². The molecule has 1 aliphatic heterocycles. The van der Waals surface area contributed by atoms with Crippen molar-refractivity contribution in [2.24, 2.45) is 0 Å². The molecule has 1 saturated heterocycles. The minimum absolute atomic E-state index is 0.359. The van der Waals surface area contributed by atoms with Gasteiger partial charge >= 0.3 is 6.03 Å². The average Bonchev–Trinajstić information content (AvgIpc) is 3.45. The van der Waals surface area contributed by atoms with Crippen molar-refractivity contribution in [2.75, 3.05) is 0 Å². The molecular formula is C24H20ClN5O3S. The van der Waals surface area contributed by atoms with Crippen molar-refractivity contribution >= 4 is 51.0 Å². The molecule has 0 saturated carbocycles. The van der Waals surface area contributed by atoms with Crippen LogP contribution in [-0.4, -0.2) is 32.6 Å². The van der Waals surface area contributed by atoms with Crippen LogP contribution in [-0.2, 0) is 16.9 Å². The van der Waals surface area contributed by atoms with E-state index in [1.165, 1.54) is 11.3 Å². The Bertz CT molecular complexity index is 1450. The number of nitrogens with zero attached hydrogens (tertiary/aromatic N) is 3. The first-order valence-electron chi connectivity index (χ1n) is 10.5. The second kappa shape index (κ2) is 8.27. The maximum absolute atomic E-state index is 13.1. The first-order valence-corrected chi connectivity index (χ1v) is 11.7. The van der Waals surface area contributed by atoms with Crippen molar-refractivity contribution in [3.8, 4) is 0 Å². The number of hydrogen-bond donors (Lipinski definition) is 2. The van der Waals surface area contributed by atoms with Crippen LogP contribution in [0, 0.1) is 6.92 Å². The number of hydrazine groups is 1. The van der Waals surface area contributed by atoms with E-state index in [1.54, 1.807) is 41.9 Å². The lowest BCUT2D eigenvalue weighted by Crippen LogP contribution is -2.47. The summed E-state index contributed by atoms with van der Waals surface area (Å²) >= 11 is 7.54. The Morgan fingerprint density at radius 2 is 1.85 bits per heavy atom. The zero-order valence-corrected chi connectivity index (χ0v) is 19.9. The number of thiophene rings is 1. The molecule has 34 heavy (non-hydrogen) atoms. The Hall–Kier alpha value is -3.69. The number of hydrogen-bond acceptors (Lipinski definition) is 5. The molecule has 2 aromatic heterocycles. The van der Waals surface area contributed by atoms with Crippen molar-refractivity contribution < 1.29 is 14.4 Å². The molecule has 0 aliphatic carbocycles. The highest BCUT2D eigenvalue weighted by atomic mass is 35.5. The number of fused-ring (bicyclic) bond motifs is 1. The van der Waals surface area contributed by atoms with Crippen LogP contribution in [0.5, 0.6) is 0 Å². The third kappa shape index (κ3) is 3.63. The van der Waals surface area contributed by atoms with E-state index in [2.05, 4.69) is 15.8 Å². The van der Waals surface area contributed by atoms with Gasteiger partial charge in [-0.05, 0) is 37.1 Å². The van der Waals surface area contributed by atoms with Crippen molar-refractivity contribution in [2.45, 2.75) is 25.9 Å². The van der Waals surface area contributed by atoms with Crippen LogP contribution < -0.4 is 10.7 Å². The Morgan fingerprint density at radius 1 is 1.15 bits per heavy atom. The summed E-state index contributed by atoms with van der Waals surface area (Å²) < 4.78 is 1.80. The number of halogens is 1. The second-order valence-electron chi connectivity index (χ2n) is 8.17. The van der Waals surface area contributed by atoms with Crippen LogP contribution in [0.25, 0.3) is 10.2 Å². The molecule has 0 spiro atoms. The molecule has 2 aromatic carbocycles. The van der Waals surface area contributed by atoms with Crippen LogP contribution in [0.3, 0.4) is 0 Å². The quantitative estimate of drug-likeness (QED) is 0.407. The second-order valence-corrected chi connectivity index (χ2v) is 9.60. The van der Waals surface area contributed by atoms with Gasteiger partial charge in [-0.25, -0.2) is 4.79 Å². The molecule has 172 valence electrons. The lowest BCUT2D eigenvalue weighted by Gasteiger charge is -2.21. The van der Waals surface area contributed by atoms with Gasteiger partial charge in [0.2, 0.25) is 0 Å². The van der Waals surface area contributed by atoms with E-state index < -0.39 is 23.4 Å². The Kier molecular flexibility index (Phi) is 5.38. The van der Waals surface area contributed by atoms with Crippen LogP contribution in [0.2, 0.25) is 5.02 Å². The molecule has 0 radical (unpaired) electrons. The molecule has 1 aliphatic rings. The lowest BCUT2D eigenvalue weighted by molar-refractivity contribution is -0.132. The molecule has 4 aromatic rings. The number of rotatable bonds is 5. The largest absolute Gasteiger partial charge is 0.344 e. The highest BCUT2D eigenvalue weighted by molar-refractivity contribution is 7.20. The standard InChI is InChI=1S/C24H20ClN5O3S/c1-14-17-12-19(34-21(17)29(27-14)13-15-8-6-7-11-18(15)25)20(31)28-30-22(32)24(2,26-23(30)33)16-9-4-3-5-10-16/h3-12H,13H2,1-2H3,(H,26,33)(H,28,31)/t24-/m0/s1. The summed E-state index contributed by atoms with van der Waals surface area (Å²) in [5.74, 6) is -1.11. The van der Waals surface area contributed by atoms with Gasteiger partial charge in [0.1, 0.15) is 10.4 Å². The van der Waals surface area contributed by atoms with Gasteiger partial charge in [0.15, 0.2) is 0 Å². The number of imide groups is 1. The van der Waals surface area contributed by atoms with E-state index in [0.717, 1.165) is 26.5 Å². The molecule has 3 heterocycles. The number of aromatic nitrogens is 2. The summed E-state index contributed by atoms with van der Waals surface area (Å²) in [5, 5.41) is 9.45. The molecule has 0 unspecified atom stereocenters. The molecule has 5 rings (SSSR count). The highest BCUT2D eigenvalue weighted by Crippen LogP contribution is 2.31. The molecule has 8 nitrogen and oxygen atoms in total. The molecule has 4 amide bonds. The molecule has 10 heteroatoms. The fraction of sp³-hybridized carbons (Fsp3) is 0.167. The van der Waals surface area contributed by atoms with E-state index in [0.29, 0.717) is 22.0 Å². The summed E-state index contributed by atoms with van der Waals surface area (Å²) in [6, 6.07) is 17.4. The van der Waals surface area contributed by atoms with Gasteiger partial charge in [0, 0.05) is 10.4 Å². The summed E-state index contributed by atoms with van der Waals surface area (Å²) in [4.78, 5) is 39.8. The zero-order valence-electron chi connectivity index (χ0n) is 18.3. The molecule has 2 N–H and O–H groups in total. The molecule has 0 bridgehead atoms. The van der Waals surface area contributed by atoms with Crippen LogP contribution in [0.15, 0.2) is 60.7 Å². The maximum Gasteiger partial charge on any atom is 0.344 e. The van der Waals surface area contributed by atoms with Crippen LogP contribution in [0.1, 0.15) is 33.4 Å². The number of carbonyl (C=O) groups excluding carboxylic acids is 3. The summed E-state index contributed by atoms with van der Waals surface area (Å²) in [7, 11) is 0. The van der Waals surface area contributed by atoms with Crippen molar-refractivity contribution in [3.05, 3.63) is 87.4 Å². The van der Waals surface area contributed by atoms with Gasteiger partial charge in [-0.15, -0.1) is 11.3 Å². The minimum Gasteiger partial charge on any atom is -0.318 e. The SMILES string of the molecule is Cc1nn(Cc2ccccc2Cl)c2sc(C(=O)NN3C(=O)N[C@@](C)(c4ccccc4)C3=O)cc12. The number of nitrogens with one attached hydrogen (secondary N) is 2. The van der Waals surface area contributed by atoms with Crippen molar-refractivity contribution in [3.63, 3.8) is 0 Å². The summed E-state index contributed by atoms with van der Waals surface area (Å²) in [6.45, 7) is 3.93. The van der Waals surface area contributed by atoms with E-state index >= 15 is 0 Å². The number of aryl methyl sites for hydroxylation is 1. The van der Waals surface area contributed by atoms with Crippen LogP contribution >= 0.6 is 22.9 Å². The predicted molar refractivity (Wildman–Crippen MR) is 130 cm³/mol. The maximum atomic E-state index is 13.1. The first kappa shape index (κ1) is 22.1. The third-order valence-electron chi connectivity index (χ3n) is 5.86. The van der Waals surface area contributed by atoms with Gasteiger partial charge in [-0.1, -0.05) is 60.1 Å². The topological polar surface area (TPSA) is 96.3 Å². The average molecular weight is 494 g/mol. The normalized spacial score (nSPS) is 17.9. The van der Waals surface area contributed by atoms with E-state index in [-0.39, 0.29) is 0 Å². The van der Waals surface area contributed by atoms with Gasteiger partial charge in [0.05, 0.1) is 17.1 Å². The molecule has 1 fully saturated rings. The van der Waals surface area contributed by atoms with Crippen LogP contribution in [0.4, 0.5) is 4.79 Å². The number of amides is 4. The monoisotopic (exact) mass is 493 g/mol. The molecular weight excluding hydrogens is 474 g/mol. The van der Waals surface area contributed by atoms with Gasteiger partial charge in [0.25, 0.3) is 11.8 Å². The fourth-order valence-electron chi connectivity index (χ4n) is 3.98. The van der Waals surface area contributed by atoms with E-state index in [9.17, 15) is 14.4 Å². The molecule has 1 atom stereocenters. The van der Waals surface area contributed by atoms with Crippen molar-refractivity contribution in [1.82, 2.24) is 25.5 Å². The number of urea groups is 1. The minimum atomic E-state index is -1.27. The summed E-state index contributed by atoms with van der Waals surface area (Å²) in [6.07, 6.45) is 0. The van der Waals surface area contributed by atoms with E-state index in [1.807, 2.05) is 37.3 Å². The summed E-state index contributed by atoms with van der Waals surface area (Å²) in [5.41, 5.74) is 3.50. The zero-order chi connectivity index (χ0) is 24.0. The Labute approximate surface area is 204 Å². The lowest BCUT2D eigenvalue weighted by atomic mass is 9.92. The number of benzene rings is 2. The van der Waals surface area contributed by atoms with Gasteiger partial charge in [-0.2, -0.15) is 10.1 Å². The highest BCUT2D eigenvalue weighted by Gasteiger charge is 2.50.